The Kier molecular flexibility index (Phi) is 4.52. The summed E-state index contributed by atoms with van der Waals surface area (Å²) in [5.41, 5.74) is 2.90. The molecule has 0 spiro atoms. The molecule has 2 aromatic heterocycles. The minimum atomic E-state index is -0.259. The number of thiazole rings is 1. The summed E-state index contributed by atoms with van der Waals surface area (Å²) < 4.78 is 10.6. The fourth-order valence-electron chi connectivity index (χ4n) is 3.23. The predicted octanol–water partition coefficient (Wildman–Crippen LogP) is 2.91. The van der Waals surface area contributed by atoms with Crippen LogP contribution in [0.5, 0.6) is 0 Å². The molecule has 4 rings (SSSR count). The van der Waals surface area contributed by atoms with Crippen LogP contribution < -0.4 is 4.90 Å². The topological polar surface area (TPSA) is 81.4 Å². The summed E-state index contributed by atoms with van der Waals surface area (Å²) in [6, 6.07) is 7.61. The molecule has 0 unspecified atom stereocenters. The van der Waals surface area contributed by atoms with Crippen molar-refractivity contribution < 1.29 is 14.1 Å². The van der Waals surface area contributed by atoms with Gasteiger partial charge in [0.1, 0.15) is 11.0 Å². The molecular formula is C18H18N4O3S. The molecular weight excluding hydrogens is 352 g/mol. The molecule has 1 atom stereocenters. The smallest absolute Gasteiger partial charge is 0.250 e. The van der Waals surface area contributed by atoms with E-state index in [2.05, 4.69) is 15.1 Å². The zero-order chi connectivity index (χ0) is 18.1. The highest BCUT2D eigenvalue weighted by Crippen LogP contribution is 2.39. The van der Waals surface area contributed by atoms with Gasteiger partial charge in [0.2, 0.25) is 11.8 Å². The SMILES string of the molecule is COCc1nc(Cc2noc([C@@H]3Cc4ccccc4N3C(C)=O)n2)cs1. The molecule has 3 heterocycles. The highest BCUT2D eigenvalue weighted by molar-refractivity contribution is 7.09. The van der Waals surface area contributed by atoms with Crippen LogP contribution in [0.1, 0.15) is 40.9 Å². The van der Waals surface area contributed by atoms with Gasteiger partial charge in [-0.3, -0.25) is 9.69 Å². The summed E-state index contributed by atoms with van der Waals surface area (Å²) in [6.45, 7) is 2.05. The molecule has 7 nitrogen and oxygen atoms in total. The molecule has 0 N–H and O–H groups in total. The maximum absolute atomic E-state index is 12.2. The number of carbonyl (C=O) groups is 1. The number of ether oxygens (including phenoxy) is 1. The molecule has 1 aliphatic rings. The zero-order valence-electron chi connectivity index (χ0n) is 14.5. The van der Waals surface area contributed by atoms with Crippen LogP contribution >= 0.6 is 11.3 Å². The Balaban J connectivity index is 1.55. The van der Waals surface area contributed by atoms with Crippen molar-refractivity contribution in [3.63, 3.8) is 0 Å². The molecule has 0 saturated carbocycles. The van der Waals surface area contributed by atoms with Gasteiger partial charge in [-0.05, 0) is 11.6 Å². The largest absolute Gasteiger partial charge is 0.378 e. The van der Waals surface area contributed by atoms with Crippen molar-refractivity contribution in [2.75, 3.05) is 12.0 Å². The fourth-order valence-corrected chi connectivity index (χ4v) is 3.99. The number of hydrogen-bond acceptors (Lipinski definition) is 7. The number of para-hydroxylation sites is 1. The van der Waals surface area contributed by atoms with Crippen molar-refractivity contribution in [3.05, 3.63) is 57.6 Å². The van der Waals surface area contributed by atoms with E-state index in [1.54, 1.807) is 30.3 Å². The molecule has 1 aromatic carbocycles. The van der Waals surface area contributed by atoms with Gasteiger partial charge in [0, 0.05) is 31.5 Å². The van der Waals surface area contributed by atoms with Crippen molar-refractivity contribution in [1.82, 2.24) is 15.1 Å². The Bertz CT molecular complexity index is 936. The number of hydrogen-bond donors (Lipinski definition) is 0. The van der Waals surface area contributed by atoms with E-state index in [4.69, 9.17) is 9.26 Å². The van der Waals surface area contributed by atoms with Gasteiger partial charge in [-0.25, -0.2) is 4.98 Å². The lowest BCUT2D eigenvalue weighted by molar-refractivity contribution is -0.117. The van der Waals surface area contributed by atoms with Gasteiger partial charge in [-0.1, -0.05) is 23.4 Å². The van der Waals surface area contributed by atoms with Crippen LogP contribution in [-0.4, -0.2) is 28.1 Å². The van der Waals surface area contributed by atoms with Gasteiger partial charge in [0.15, 0.2) is 5.82 Å². The van der Waals surface area contributed by atoms with Crippen molar-refractivity contribution in [1.29, 1.82) is 0 Å². The zero-order valence-corrected chi connectivity index (χ0v) is 15.3. The maximum Gasteiger partial charge on any atom is 0.250 e. The van der Waals surface area contributed by atoms with Gasteiger partial charge in [-0.2, -0.15) is 4.98 Å². The molecule has 0 fully saturated rings. The molecule has 1 aliphatic heterocycles. The Morgan fingerprint density at radius 1 is 1.38 bits per heavy atom. The Morgan fingerprint density at radius 2 is 2.23 bits per heavy atom. The minimum absolute atomic E-state index is 0.0385. The van der Waals surface area contributed by atoms with Crippen LogP contribution in [0.4, 0.5) is 5.69 Å². The third kappa shape index (κ3) is 3.13. The molecule has 8 heteroatoms. The molecule has 0 saturated heterocycles. The van der Waals surface area contributed by atoms with E-state index in [9.17, 15) is 4.79 Å². The number of benzene rings is 1. The molecule has 26 heavy (non-hydrogen) atoms. The van der Waals surface area contributed by atoms with Gasteiger partial charge >= 0.3 is 0 Å². The predicted molar refractivity (Wildman–Crippen MR) is 96.0 cm³/mol. The fraction of sp³-hybridized carbons (Fsp3) is 0.333. The van der Waals surface area contributed by atoms with Gasteiger partial charge in [-0.15, -0.1) is 11.3 Å². The summed E-state index contributed by atoms with van der Waals surface area (Å²) in [6.07, 6.45) is 1.16. The lowest BCUT2D eigenvalue weighted by atomic mass is 10.1. The quantitative estimate of drug-likeness (QED) is 0.687. The lowest BCUT2D eigenvalue weighted by Crippen LogP contribution is -2.30. The summed E-state index contributed by atoms with van der Waals surface area (Å²) >= 11 is 1.55. The average Bonchev–Trinajstić information content (AvgIpc) is 3.33. The Morgan fingerprint density at radius 3 is 3.04 bits per heavy atom. The standard InChI is InChI=1S/C18H18N4O3S/c1-11(23)22-14-6-4-3-5-12(14)7-15(22)18-20-16(21-25-18)8-13-10-26-17(19-13)9-24-2/h3-6,10,15H,7-9H2,1-2H3/t15-/m0/s1. The van der Waals surface area contributed by atoms with E-state index >= 15 is 0 Å². The highest BCUT2D eigenvalue weighted by atomic mass is 32.1. The second-order valence-electron chi connectivity index (χ2n) is 6.13. The van der Waals surface area contributed by atoms with Crippen LogP contribution in [0.2, 0.25) is 0 Å². The Hall–Kier alpha value is -2.58. The number of carbonyl (C=O) groups excluding carboxylic acids is 1. The molecule has 0 bridgehead atoms. The monoisotopic (exact) mass is 370 g/mol. The van der Waals surface area contributed by atoms with Gasteiger partial charge < -0.3 is 9.26 Å². The maximum atomic E-state index is 12.2. The number of rotatable bonds is 5. The van der Waals surface area contributed by atoms with Crippen molar-refractivity contribution >= 4 is 22.9 Å². The first-order valence-corrected chi connectivity index (χ1v) is 9.16. The summed E-state index contributed by atoms with van der Waals surface area (Å²) in [5.74, 6) is 0.982. The lowest BCUT2D eigenvalue weighted by Gasteiger charge is -2.21. The summed E-state index contributed by atoms with van der Waals surface area (Å²) in [4.78, 5) is 22.9. The molecule has 134 valence electrons. The normalized spacial score (nSPS) is 16.1. The van der Waals surface area contributed by atoms with E-state index in [0.29, 0.717) is 31.2 Å². The van der Waals surface area contributed by atoms with Crippen LogP contribution in [0.25, 0.3) is 0 Å². The van der Waals surface area contributed by atoms with Crippen molar-refractivity contribution in [2.24, 2.45) is 0 Å². The number of fused-ring (bicyclic) bond motifs is 1. The first-order chi connectivity index (χ1) is 12.7. The third-order valence-electron chi connectivity index (χ3n) is 4.29. The number of amides is 1. The second-order valence-corrected chi connectivity index (χ2v) is 7.07. The highest BCUT2D eigenvalue weighted by Gasteiger charge is 2.36. The summed E-state index contributed by atoms with van der Waals surface area (Å²) in [5, 5.41) is 6.96. The number of nitrogens with zero attached hydrogens (tertiary/aromatic N) is 4. The minimum Gasteiger partial charge on any atom is -0.378 e. The van der Waals surface area contributed by atoms with Gasteiger partial charge in [0.05, 0.1) is 18.7 Å². The summed E-state index contributed by atoms with van der Waals surface area (Å²) in [7, 11) is 1.65. The van der Waals surface area contributed by atoms with E-state index in [0.717, 1.165) is 22.0 Å². The van der Waals surface area contributed by atoms with Crippen molar-refractivity contribution in [2.45, 2.75) is 32.4 Å². The second kappa shape index (κ2) is 6.97. The van der Waals surface area contributed by atoms with Gasteiger partial charge in [0.25, 0.3) is 0 Å². The Labute approximate surface area is 154 Å². The van der Waals surface area contributed by atoms with Crippen LogP contribution in [0.15, 0.2) is 34.2 Å². The third-order valence-corrected chi connectivity index (χ3v) is 5.16. The number of anilines is 1. The van der Waals surface area contributed by atoms with Crippen LogP contribution in [-0.2, 0) is 29.0 Å². The molecule has 0 radical (unpaired) electrons. The number of methoxy groups -OCH3 is 1. The van der Waals surface area contributed by atoms with E-state index in [1.165, 1.54) is 0 Å². The molecule has 3 aromatic rings. The molecule has 0 aliphatic carbocycles. The van der Waals surface area contributed by atoms with Crippen molar-refractivity contribution in [3.8, 4) is 0 Å². The van der Waals surface area contributed by atoms with Crippen LogP contribution in [0.3, 0.4) is 0 Å². The average molecular weight is 370 g/mol. The first kappa shape index (κ1) is 16.9. The van der Waals surface area contributed by atoms with Crippen LogP contribution in [0, 0.1) is 0 Å². The molecule has 1 amide bonds. The number of aromatic nitrogens is 3. The van der Waals surface area contributed by atoms with E-state index in [1.807, 2.05) is 29.6 Å². The first-order valence-electron chi connectivity index (χ1n) is 8.28. The van der Waals surface area contributed by atoms with E-state index < -0.39 is 0 Å². The van der Waals surface area contributed by atoms with E-state index in [-0.39, 0.29) is 11.9 Å².